The molecule has 0 N–H and O–H groups in total. The summed E-state index contributed by atoms with van der Waals surface area (Å²) in [5, 5.41) is 0. The van der Waals surface area contributed by atoms with Gasteiger partial charge in [0.05, 0.1) is 13.4 Å². The molecule has 0 heterocycles. The predicted molar refractivity (Wildman–Crippen MR) is 88.9 cm³/mol. The van der Waals surface area contributed by atoms with Crippen LogP contribution < -0.4 is 0 Å². The molecule has 126 valence electrons. The molecule has 0 saturated carbocycles. The zero-order valence-corrected chi connectivity index (χ0v) is 14.4. The lowest BCUT2D eigenvalue weighted by molar-refractivity contribution is -0.141. The highest BCUT2D eigenvalue weighted by atomic mass is 16.5. The van der Waals surface area contributed by atoms with E-state index in [9.17, 15) is 9.59 Å². The maximum atomic E-state index is 12.1. The quantitative estimate of drug-likeness (QED) is 0.592. The number of amides is 1. The highest BCUT2D eigenvalue weighted by molar-refractivity contribution is 5.80. The second-order valence-electron chi connectivity index (χ2n) is 5.72. The fourth-order valence-corrected chi connectivity index (χ4v) is 2.37. The second kappa shape index (κ2) is 8.98. The molecule has 5 nitrogen and oxygen atoms in total. The third kappa shape index (κ3) is 5.43. The minimum Gasteiger partial charge on any atom is -0.468 e. The van der Waals surface area contributed by atoms with E-state index in [1.807, 2.05) is 58.0 Å². The van der Waals surface area contributed by atoms with Crippen LogP contribution in [0.3, 0.4) is 0 Å². The Morgan fingerprint density at radius 3 is 2.09 bits per heavy atom. The van der Waals surface area contributed by atoms with Crippen molar-refractivity contribution in [2.24, 2.45) is 0 Å². The fraction of sp³-hybridized carbons (Fsp3) is 0.444. The van der Waals surface area contributed by atoms with Crippen molar-refractivity contribution >= 4 is 12.1 Å². The number of hydrogen-bond acceptors (Lipinski definition) is 4. The van der Waals surface area contributed by atoms with Crippen LogP contribution in [0.15, 0.2) is 42.7 Å². The highest BCUT2D eigenvalue weighted by Gasteiger charge is 2.22. The van der Waals surface area contributed by atoms with Crippen molar-refractivity contribution < 1.29 is 19.1 Å². The minimum atomic E-state index is -0.611. The molecule has 0 aromatic heterocycles. The summed E-state index contributed by atoms with van der Waals surface area (Å²) in [6.07, 6.45) is 2.34. The van der Waals surface area contributed by atoms with Crippen molar-refractivity contribution in [1.82, 2.24) is 4.90 Å². The summed E-state index contributed by atoms with van der Waals surface area (Å²) >= 11 is 0. The Bertz CT molecular complexity index is 529. The van der Waals surface area contributed by atoms with Gasteiger partial charge >= 0.3 is 12.1 Å². The van der Waals surface area contributed by atoms with E-state index in [0.29, 0.717) is 0 Å². The number of carbonyl (C=O) groups is 2. The average molecular weight is 319 g/mol. The van der Waals surface area contributed by atoms with Gasteiger partial charge in [0, 0.05) is 12.1 Å². The number of benzene rings is 1. The summed E-state index contributed by atoms with van der Waals surface area (Å²) in [5.74, 6) is -1.02. The molecule has 0 radical (unpaired) electrons. The monoisotopic (exact) mass is 319 g/mol. The van der Waals surface area contributed by atoms with Gasteiger partial charge in [-0.2, -0.15) is 0 Å². The smallest absolute Gasteiger partial charge is 0.415 e. The molecule has 0 saturated heterocycles. The third-order valence-electron chi connectivity index (χ3n) is 3.38. The van der Waals surface area contributed by atoms with E-state index < -0.39 is 18.0 Å². The van der Waals surface area contributed by atoms with E-state index in [0.717, 1.165) is 5.56 Å². The molecule has 1 aromatic rings. The van der Waals surface area contributed by atoms with Crippen LogP contribution in [0, 0.1) is 0 Å². The molecule has 1 aromatic carbocycles. The Morgan fingerprint density at radius 2 is 1.61 bits per heavy atom. The number of hydrogen-bond donors (Lipinski definition) is 0. The molecular formula is C18H25NO4. The Kier molecular flexibility index (Phi) is 7.32. The van der Waals surface area contributed by atoms with Crippen molar-refractivity contribution in [3.63, 3.8) is 0 Å². The SMILES string of the molecule is COC(=O)C(/C=C\OC(=O)N(C(C)C)C(C)C)c1ccccc1. The van der Waals surface area contributed by atoms with Gasteiger partial charge in [0.25, 0.3) is 0 Å². The Labute approximate surface area is 137 Å². The van der Waals surface area contributed by atoms with Crippen LogP contribution >= 0.6 is 0 Å². The zero-order valence-electron chi connectivity index (χ0n) is 14.4. The highest BCUT2D eigenvalue weighted by Crippen LogP contribution is 2.19. The lowest BCUT2D eigenvalue weighted by atomic mass is 9.99. The van der Waals surface area contributed by atoms with Crippen LogP contribution in [0.1, 0.15) is 39.2 Å². The van der Waals surface area contributed by atoms with Gasteiger partial charge in [-0.1, -0.05) is 30.3 Å². The maximum absolute atomic E-state index is 12.1. The Hall–Kier alpha value is -2.30. The molecule has 5 heteroatoms. The van der Waals surface area contributed by atoms with Crippen LogP contribution in [0.25, 0.3) is 0 Å². The number of esters is 1. The molecule has 1 atom stereocenters. The lowest BCUT2D eigenvalue weighted by Crippen LogP contribution is -2.41. The molecule has 0 aliphatic rings. The van der Waals surface area contributed by atoms with Gasteiger partial charge in [0.15, 0.2) is 0 Å². The number of carbonyl (C=O) groups excluding carboxylic acids is 2. The molecule has 1 amide bonds. The molecule has 0 aliphatic heterocycles. The van der Waals surface area contributed by atoms with E-state index in [2.05, 4.69) is 0 Å². The summed E-state index contributed by atoms with van der Waals surface area (Å²) in [6, 6.07) is 9.24. The van der Waals surface area contributed by atoms with Crippen molar-refractivity contribution in [1.29, 1.82) is 0 Å². The first-order valence-corrected chi connectivity index (χ1v) is 7.66. The van der Waals surface area contributed by atoms with E-state index in [4.69, 9.17) is 9.47 Å². The summed E-state index contributed by atoms with van der Waals surface area (Å²) in [7, 11) is 1.33. The van der Waals surface area contributed by atoms with Crippen molar-refractivity contribution in [3.05, 3.63) is 48.2 Å². The second-order valence-corrected chi connectivity index (χ2v) is 5.72. The summed E-state index contributed by atoms with van der Waals surface area (Å²) in [4.78, 5) is 25.7. The van der Waals surface area contributed by atoms with E-state index >= 15 is 0 Å². The molecule has 23 heavy (non-hydrogen) atoms. The van der Waals surface area contributed by atoms with Crippen molar-refractivity contribution in [2.45, 2.75) is 45.7 Å². The summed E-state index contributed by atoms with van der Waals surface area (Å²) in [6.45, 7) is 7.69. The van der Waals surface area contributed by atoms with E-state index in [1.54, 1.807) is 4.90 Å². The van der Waals surface area contributed by atoms with E-state index in [1.165, 1.54) is 19.4 Å². The predicted octanol–water partition coefficient (Wildman–Crippen LogP) is 3.71. The number of ether oxygens (including phenoxy) is 2. The zero-order chi connectivity index (χ0) is 17.4. The summed E-state index contributed by atoms with van der Waals surface area (Å²) < 4.78 is 9.98. The van der Waals surface area contributed by atoms with E-state index in [-0.39, 0.29) is 12.1 Å². The van der Waals surface area contributed by atoms with Crippen LogP contribution in [-0.4, -0.2) is 36.2 Å². The summed E-state index contributed by atoms with van der Waals surface area (Å²) in [5.41, 5.74) is 0.774. The first-order chi connectivity index (χ1) is 10.9. The molecule has 0 aliphatic carbocycles. The van der Waals surface area contributed by atoms with Gasteiger partial charge in [0.2, 0.25) is 0 Å². The molecule has 0 spiro atoms. The Morgan fingerprint density at radius 1 is 1.04 bits per heavy atom. The normalized spacial score (nSPS) is 12.5. The number of rotatable bonds is 6. The first-order valence-electron chi connectivity index (χ1n) is 7.66. The van der Waals surface area contributed by atoms with Crippen molar-refractivity contribution in [2.75, 3.05) is 7.11 Å². The van der Waals surface area contributed by atoms with Gasteiger partial charge in [-0.25, -0.2) is 4.79 Å². The van der Waals surface area contributed by atoms with Crippen LogP contribution in [0.4, 0.5) is 4.79 Å². The van der Waals surface area contributed by atoms with Gasteiger partial charge in [-0.3, -0.25) is 4.79 Å². The van der Waals surface area contributed by atoms with Gasteiger partial charge in [-0.15, -0.1) is 0 Å². The van der Waals surface area contributed by atoms with Crippen LogP contribution in [0.5, 0.6) is 0 Å². The fourth-order valence-electron chi connectivity index (χ4n) is 2.37. The van der Waals surface area contributed by atoms with Crippen LogP contribution in [-0.2, 0) is 14.3 Å². The van der Waals surface area contributed by atoms with Gasteiger partial charge in [-0.05, 0) is 39.3 Å². The average Bonchev–Trinajstić information content (AvgIpc) is 2.51. The third-order valence-corrected chi connectivity index (χ3v) is 3.38. The topological polar surface area (TPSA) is 55.8 Å². The standard InChI is InChI=1S/C18H25NO4/c1-13(2)19(14(3)4)18(21)23-12-11-16(17(20)22-5)15-9-7-6-8-10-15/h6-14,16H,1-5H3/b12-11-. The van der Waals surface area contributed by atoms with Gasteiger partial charge in [0.1, 0.15) is 5.92 Å². The first kappa shape index (κ1) is 18.7. The van der Waals surface area contributed by atoms with Crippen molar-refractivity contribution in [3.8, 4) is 0 Å². The molecular weight excluding hydrogens is 294 g/mol. The Balaban J connectivity index is 2.83. The molecule has 0 bridgehead atoms. The minimum absolute atomic E-state index is 0.0291. The molecule has 1 unspecified atom stereocenters. The largest absolute Gasteiger partial charge is 0.468 e. The van der Waals surface area contributed by atoms with Gasteiger partial charge < -0.3 is 14.4 Å². The lowest BCUT2D eigenvalue weighted by Gasteiger charge is -2.28. The molecule has 0 fully saturated rings. The number of methoxy groups -OCH3 is 1. The number of nitrogens with zero attached hydrogens (tertiary/aromatic N) is 1. The maximum Gasteiger partial charge on any atom is 0.415 e. The van der Waals surface area contributed by atoms with Crippen LogP contribution in [0.2, 0.25) is 0 Å². The molecule has 1 rings (SSSR count).